The minimum atomic E-state index is -0.0403. The van der Waals surface area contributed by atoms with Crippen LogP contribution in [0.25, 0.3) is 11.0 Å². The van der Waals surface area contributed by atoms with E-state index in [1.807, 2.05) is 24.0 Å². The molecule has 1 saturated heterocycles. The summed E-state index contributed by atoms with van der Waals surface area (Å²) in [7, 11) is 2.01. The van der Waals surface area contributed by atoms with Crippen molar-refractivity contribution in [2.75, 3.05) is 19.7 Å². The Kier molecular flexibility index (Phi) is 4.21. The molecule has 4 nitrogen and oxygen atoms in total. The van der Waals surface area contributed by atoms with Gasteiger partial charge < -0.3 is 9.30 Å². The van der Waals surface area contributed by atoms with E-state index in [4.69, 9.17) is 4.74 Å². The van der Waals surface area contributed by atoms with Gasteiger partial charge in [-0.3, -0.25) is 4.90 Å². The van der Waals surface area contributed by atoms with Crippen LogP contribution in [-0.2, 0) is 18.3 Å². The van der Waals surface area contributed by atoms with Crippen LogP contribution < -0.4 is 0 Å². The second kappa shape index (κ2) is 6.73. The highest BCUT2D eigenvalue weighted by Crippen LogP contribution is 2.41. The smallest absolute Gasteiger partial charge is 0.127 e. The molecule has 2 fully saturated rings. The lowest BCUT2D eigenvalue weighted by molar-refractivity contribution is -0.0329. The van der Waals surface area contributed by atoms with Crippen LogP contribution >= 0.6 is 0 Å². The summed E-state index contributed by atoms with van der Waals surface area (Å²) in [5.74, 6) is 0.412. The largest absolute Gasteiger partial charge is 0.371 e. The zero-order valence-electron chi connectivity index (χ0n) is 15.6. The molecule has 2 aliphatic rings. The molecule has 0 radical (unpaired) electrons. The van der Waals surface area contributed by atoms with E-state index in [1.165, 1.54) is 5.56 Å². The molecule has 1 aliphatic heterocycles. The van der Waals surface area contributed by atoms with Crippen LogP contribution in [0.3, 0.4) is 0 Å². The average molecular weight is 365 g/mol. The van der Waals surface area contributed by atoms with Gasteiger partial charge in [0.25, 0.3) is 0 Å². The first-order valence-corrected chi connectivity index (χ1v) is 9.70. The maximum atomic E-state index is 14.3. The fraction of sp³-hybridized carbons (Fsp3) is 0.409. The van der Waals surface area contributed by atoms with E-state index in [2.05, 4.69) is 34.1 Å². The summed E-state index contributed by atoms with van der Waals surface area (Å²) >= 11 is 0. The number of imidazole rings is 1. The lowest BCUT2D eigenvalue weighted by atomic mass is 10.0. The third kappa shape index (κ3) is 3.37. The van der Waals surface area contributed by atoms with E-state index in [-0.39, 0.29) is 11.9 Å². The van der Waals surface area contributed by atoms with E-state index >= 15 is 0 Å². The molecule has 0 N–H and O–H groups in total. The first kappa shape index (κ1) is 16.9. The topological polar surface area (TPSA) is 30.3 Å². The van der Waals surface area contributed by atoms with E-state index in [9.17, 15) is 4.39 Å². The quantitative estimate of drug-likeness (QED) is 0.695. The highest BCUT2D eigenvalue weighted by molar-refractivity contribution is 5.76. The molecular formula is C22H24FN3O. The molecule has 0 spiro atoms. The summed E-state index contributed by atoms with van der Waals surface area (Å²) in [4.78, 5) is 6.74. The third-order valence-electron chi connectivity index (χ3n) is 5.76. The number of aromatic nitrogens is 2. The Morgan fingerprint density at radius 2 is 2.07 bits per heavy atom. The zero-order chi connectivity index (χ0) is 18.4. The Morgan fingerprint density at radius 1 is 1.19 bits per heavy atom. The van der Waals surface area contributed by atoms with Crippen molar-refractivity contribution < 1.29 is 9.13 Å². The molecular weight excluding hydrogens is 341 g/mol. The minimum absolute atomic E-state index is 0.0358. The Bertz CT molecular complexity index is 979. The number of morpholine rings is 1. The lowest BCUT2D eigenvalue weighted by Crippen LogP contribution is -2.37. The maximum Gasteiger partial charge on any atom is 0.127 e. The van der Waals surface area contributed by atoms with Gasteiger partial charge in [0.1, 0.15) is 5.82 Å². The fourth-order valence-corrected chi connectivity index (χ4v) is 4.04. The van der Waals surface area contributed by atoms with E-state index < -0.39 is 0 Å². The van der Waals surface area contributed by atoms with Gasteiger partial charge in [-0.25, -0.2) is 9.37 Å². The molecule has 2 heterocycles. The molecule has 1 aromatic heterocycles. The van der Waals surface area contributed by atoms with Crippen LogP contribution in [0.1, 0.15) is 41.6 Å². The van der Waals surface area contributed by atoms with Crippen LogP contribution in [0.15, 0.2) is 42.7 Å². The first-order valence-electron chi connectivity index (χ1n) is 9.70. The first-order chi connectivity index (χ1) is 13.2. The molecule has 0 amide bonds. The third-order valence-corrected chi connectivity index (χ3v) is 5.76. The van der Waals surface area contributed by atoms with E-state index in [1.54, 1.807) is 6.07 Å². The molecule has 1 atom stereocenters. The number of benzene rings is 2. The van der Waals surface area contributed by atoms with Crippen molar-refractivity contribution in [3.05, 3.63) is 65.2 Å². The van der Waals surface area contributed by atoms with Crippen molar-refractivity contribution in [3.8, 4) is 0 Å². The summed E-state index contributed by atoms with van der Waals surface area (Å²) in [5.41, 5.74) is 5.22. The molecule has 1 aliphatic carbocycles. The number of nitrogens with zero attached hydrogens (tertiary/aromatic N) is 3. The summed E-state index contributed by atoms with van der Waals surface area (Å²) in [6.07, 6.45) is 4.13. The molecule has 140 valence electrons. The van der Waals surface area contributed by atoms with Gasteiger partial charge in [-0.2, -0.15) is 0 Å². The predicted molar refractivity (Wildman–Crippen MR) is 103 cm³/mol. The van der Waals surface area contributed by atoms with Gasteiger partial charge in [-0.15, -0.1) is 0 Å². The lowest BCUT2D eigenvalue weighted by Gasteiger charge is -2.33. The average Bonchev–Trinajstić information content (AvgIpc) is 3.45. The normalized spacial score (nSPS) is 21.0. The number of aryl methyl sites for hydroxylation is 1. The highest BCUT2D eigenvalue weighted by atomic mass is 19.1. The second-order valence-corrected chi connectivity index (χ2v) is 7.83. The van der Waals surface area contributed by atoms with Gasteiger partial charge in [-0.1, -0.05) is 18.2 Å². The van der Waals surface area contributed by atoms with Crippen molar-refractivity contribution in [2.24, 2.45) is 7.05 Å². The molecule has 2 aromatic carbocycles. The van der Waals surface area contributed by atoms with Gasteiger partial charge in [0.2, 0.25) is 0 Å². The van der Waals surface area contributed by atoms with Gasteiger partial charge in [0.15, 0.2) is 0 Å². The number of rotatable bonds is 4. The van der Waals surface area contributed by atoms with Gasteiger partial charge in [0.05, 0.1) is 30.1 Å². The predicted octanol–water partition coefficient (Wildman–Crippen LogP) is 4.16. The molecule has 5 heteroatoms. The zero-order valence-corrected chi connectivity index (χ0v) is 15.6. The standard InChI is InChI=1S/C22H24FN3O/c1-25-14-24-20-7-5-17(11-21(20)25)22-13-26(8-9-27-22)12-15-2-6-18(16-3-4-16)19(23)10-15/h2,5-7,10-11,14,16,22H,3-4,8-9,12-13H2,1H3. The fourth-order valence-electron chi connectivity index (χ4n) is 4.04. The Labute approximate surface area is 158 Å². The summed E-state index contributed by atoms with van der Waals surface area (Å²) < 4.78 is 22.4. The van der Waals surface area contributed by atoms with Gasteiger partial charge in [0, 0.05) is 26.7 Å². The van der Waals surface area contributed by atoms with E-state index in [0.29, 0.717) is 12.5 Å². The molecule has 1 unspecified atom stereocenters. The molecule has 3 aromatic rings. The Balaban J connectivity index is 1.31. The number of fused-ring (bicyclic) bond motifs is 1. The van der Waals surface area contributed by atoms with Gasteiger partial charge >= 0.3 is 0 Å². The van der Waals surface area contributed by atoms with Crippen molar-refractivity contribution >= 4 is 11.0 Å². The number of hydrogen-bond acceptors (Lipinski definition) is 3. The van der Waals surface area contributed by atoms with Crippen LogP contribution in [0.5, 0.6) is 0 Å². The van der Waals surface area contributed by atoms with Crippen molar-refractivity contribution in [2.45, 2.75) is 31.4 Å². The molecule has 27 heavy (non-hydrogen) atoms. The summed E-state index contributed by atoms with van der Waals surface area (Å²) in [6, 6.07) is 12.1. The van der Waals surface area contributed by atoms with Crippen LogP contribution in [0.4, 0.5) is 4.39 Å². The van der Waals surface area contributed by atoms with E-state index in [0.717, 1.165) is 54.6 Å². The summed E-state index contributed by atoms with van der Waals surface area (Å²) in [5, 5.41) is 0. The van der Waals surface area contributed by atoms with Crippen molar-refractivity contribution in [3.63, 3.8) is 0 Å². The Hall–Kier alpha value is -2.24. The maximum absolute atomic E-state index is 14.3. The number of halogens is 1. The molecule has 0 bridgehead atoms. The monoisotopic (exact) mass is 365 g/mol. The van der Waals surface area contributed by atoms with Crippen molar-refractivity contribution in [1.82, 2.24) is 14.5 Å². The van der Waals surface area contributed by atoms with Gasteiger partial charge in [-0.05, 0) is 53.6 Å². The molecule has 5 rings (SSSR count). The van der Waals surface area contributed by atoms with Crippen LogP contribution in [0, 0.1) is 5.82 Å². The van der Waals surface area contributed by atoms with Crippen LogP contribution in [-0.4, -0.2) is 34.1 Å². The van der Waals surface area contributed by atoms with Crippen molar-refractivity contribution in [1.29, 1.82) is 0 Å². The SMILES string of the molecule is Cn1cnc2ccc(C3CN(Cc4ccc(C5CC5)c(F)c4)CCO3)cc21. The summed E-state index contributed by atoms with van der Waals surface area (Å²) in [6.45, 7) is 3.14. The number of ether oxygens (including phenoxy) is 1. The number of hydrogen-bond donors (Lipinski definition) is 0. The second-order valence-electron chi connectivity index (χ2n) is 7.83. The minimum Gasteiger partial charge on any atom is -0.371 e. The Morgan fingerprint density at radius 3 is 2.89 bits per heavy atom. The van der Waals surface area contributed by atoms with Crippen LogP contribution in [0.2, 0.25) is 0 Å². The highest BCUT2D eigenvalue weighted by Gasteiger charge is 2.27. The molecule has 1 saturated carbocycles.